The minimum Gasteiger partial charge on any atom is -0.367 e. The van der Waals surface area contributed by atoms with Gasteiger partial charge in [-0.1, -0.05) is 18.2 Å². The number of benzene rings is 1. The molecule has 5 heteroatoms. The lowest BCUT2D eigenvalue weighted by atomic mass is 10.1. The number of nitrogens with zero attached hydrogens (tertiary/aromatic N) is 4. The van der Waals surface area contributed by atoms with Crippen LogP contribution in [0.4, 0.5) is 0 Å². The Morgan fingerprint density at radius 1 is 0.600 bits per heavy atom. The Kier molecular flexibility index (Phi) is 5.78. The van der Waals surface area contributed by atoms with Gasteiger partial charge in [-0.2, -0.15) is 0 Å². The first-order valence-corrected chi connectivity index (χ1v) is 7.80. The van der Waals surface area contributed by atoms with Gasteiger partial charge in [0, 0.05) is 66.5 Å². The van der Waals surface area contributed by atoms with Crippen LogP contribution in [0, 0.1) is 0 Å². The summed E-state index contributed by atoms with van der Waals surface area (Å²) in [6.07, 6.45) is 15.4. The highest BCUT2D eigenvalue weighted by molar-refractivity contribution is 6.05. The van der Waals surface area contributed by atoms with Crippen LogP contribution in [0.25, 0.3) is 21.7 Å². The molecule has 25 heavy (non-hydrogen) atoms. The van der Waals surface area contributed by atoms with Gasteiger partial charge in [0.2, 0.25) is 0 Å². The zero-order valence-corrected chi connectivity index (χ0v) is 13.5. The quantitative estimate of drug-likeness (QED) is 0.669. The summed E-state index contributed by atoms with van der Waals surface area (Å²) >= 11 is 0. The Morgan fingerprint density at radius 3 is 2.16 bits per heavy atom. The van der Waals surface area contributed by atoms with Crippen molar-refractivity contribution in [3.05, 3.63) is 98.2 Å². The Balaban J connectivity index is 2.27. The third-order valence-corrected chi connectivity index (χ3v) is 3.38. The second-order valence-corrected chi connectivity index (χ2v) is 5.01. The number of fused-ring (bicyclic) bond motifs is 3. The summed E-state index contributed by atoms with van der Waals surface area (Å²) in [6, 6.07) is 13.8. The molecule has 0 atom stereocenters. The topological polar surface area (TPSA) is 67.3 Å². The smallest absolute Gasteiger partial charge is 0.0708 e. The molecule has 3 rings (SSSR count). The van der Waals surface area contributed by atoms with E-state index in [2.05, 4.69) is 31.0 Å². The van der Waals surface area contributed by atoms with E-state index in [9.17, 15) is 0 Å². The molecular weight excluding hydrogens is 310 g/mol. The zero-order chi connectivity index (χ0) is 17.2. The van der Waals surface area contributed by atoms with Crippen molar-refractivity contribution in [2.45, 2.75) is 0 Å². The van der Waals surface area contributed by atoms with Gasteiger partial charge in [0.25, 0.3) is 0 Å². The van der Waals surface area contributed by atoms with Crippen LogP contribution in [0.2, 0.25) is 0 Å². The van der Waals surface area contributed by atoms with Crippen molar-refractivity contribution < 1.29 is 0 Å². The predicted molar refractivity (Wildman–Crippen MR) is 99.9 cm³/mol. The minimum absolute atomic E-state index is 0.951. The third-order valence-electron chi connectivity index (χ3n) is 3.38. The largest absolute Gasteiger partial charge is 0.367 e. The van der Waals surface area contributed by atoms with Crippen molar-refractivity contribution in [3.63, 3.8) is 0 Å². The number of hydrogen-bond acceptors (Lipinski definition) is 4. The molecule has 0 radical (unpaired) electrons. The Labute approximate surface area is 145 Å². The van der Waals surface area contributed by atoms with E-state index in [1.165, 1.54) is 0 Å². The minimum atomic E-state index is 0.951. The Morgan fingerprint density at radius 2 is 1.32 bits per heavy atom. The average molecular weight is 327 g/mol. The van der Waals surface area contributed by atoms with Gasteiger partial charge in [-0.15, -0.1) is 0 Å². The molecule has 1 N–H and O–H groups in total. The first-order valence-electron chi connectivity index (χ1n) is 7.80. The monoisotopic (exact) mass is 327 g/mol. The van der Waals surface area contributed by atoms with Gasteiger partial charge in [0.05, 0.1) is 5.52 Å². The van der Waals surface area contributed by atoms with Crippen LogP contribution >= 0.6 is 0 Å². The summed E-state index contributed by atoms with van der Waals surface area (Å²) in [5.41, 5.74) is 0.951. The van der Waals surface area contributed by atoms with Crippen LogP contribution in [0.15, 0.2) is 98.2 Å². The molecule has 0 aliphatic heterocycles. The van der Waals surface area contributed by atoms with E-state index < -0.39 is 0 Å². The van der Waals surface area contributed by atoms with Crippen molar-refractivity contribution in [1.29, 1.82) is 0 Å². The number of aromatic nitrogens is 5. The first-order chi connectivity index (χ1) is 12.4. The van der Waals surface area contributed by atoms with Crippen LogP contribution in [0.3, 0.4) is 0 Å². The van der Waals surface area contributed by atoms with E-state index >= 15 is 0 Å². The second kappa shape index (κ2) is 8.88. The van der Waals surface area contributed by atoms with Gasteiger partial charge in [0.1, 0.15) is 0 Å². The van der Waals surface area contributed by atoms with Gasteiger partial charge >= 0.3 is 0 Å². The number of hydrogen-bond donors (Lipinski definition) is 1. The fourth-order valence-corrected chi connectivity index (χ4v) is 2.28. The maximum absolute atomic E-state index is 4.41. The van der Waals surface area contributed by atoms with Crippen molar-refractivity contribution in [2.24, 2.45) is 0 Å². The maximum Gasteiger partial charge on any atom is 0.0708 e. The molecule has 0 amide bonds. The van der Waals surface area contributed by atoms with E-state index in [1.54, 1.807) is 43.4 Å². The van der Waals surface area contributed by atoms with Crippen molar-refractivity contribution in [3.8, 4) is 0 Å². The molecule has 0 saturated heterocycles. The second-order valence-electron chi connectivity index (χ2n) is 5.01. The summed E-state index contributed by atoms with van der Waals surface area (Å²) < 4.78 is 0. The van der Waals surface area contributed by atoms with E-state index in [-0.39, 0.29) is 0 Å². The summed E-state index contributed by atoms with van der Waals surface area (Å²) in [6.45, 7) is 0. The summed E-state index contributed by atoms with van der Waals surface area (Å²) in [5.74, 6) is 0. The van der Waals surface area contributed by atoms with E-state index in [0.29, 0.717) is 0 Å². The number of nitrogens with one attached hydrogen (secondary N) is 1. The number of pyridine rings is 1. The van der Waals surface area contributed by atoms with E-state index in [0.717, 1.165) is 21.7 Å². The van der Waals surface area contributed by atoms with Crippen LogP contribution in [0.1, 0.15) is 0 Å². The molecule has 0 spiro atoms. The highest BCUT2D eigenvalue weighted by Crippen LogP contribution is 2.21. The third kappa shape index (κ3) is 4.68. The van der Waals surface area contributed by atoms with E-state index in [1.807, 2.05) is 48.8 Å². The highest BCUT2D eigenvalue weighted by Gasteiger charge is 1.97. The first kappa shape index (κ1) is 16.3. The van der Waals surface area contributed by atoms with Crippen molar-refractivity contribution in [1.82, 2.24) is 24.9 Å². The van der Waals surface area contributed by atoms with Gasteiger partial charge in [-0.05, 0) is 29.7 Å². The highest BCUT2D eigenvalue weighted by atomic mass is 14.7. The van der Waals surface area contributed by atoms with Gasteiger partial charge in [0.15, 0.2) is 0 Å². The van der Waals surface area contributed by atoms with E-state index in [4.69, 9.17) is 0 Å². The molecule has 0 saturated carbocycles. The lowest BCUT2D eigenvalue weighted by Gasteiger charge is -2.00. The molecule has 1 aromatic carbocycles. The fourth-order valence-electron chi connectivity index (χ4n) is 2.28. The molecule has 2 heterocycles. The number of H-pyrrole nitrogens is 1. The molecule has 2 aromatic heterocycles. The molecule has 0 unspecified atom stereocenters. The Bertz CT molecular complexity index is 1030. The SMILES string of the molecule is c1cnccnccncccc2ccc3ncccc3c2c[nH]c1. The Hall–Kier alpha value is -3.60. The molecule has 0 bridgehead atoms. The predicted octanol–water partition coefficient (Wildman–Crippen LogP) is 4.27. The molecular formula is C20H17N5. The lowest BCUT2D eigenvalue weighted by molar-refractivity contribution is 1.24. The molecule has 5 nitrogen and oxygen atoms in total. The molecule has 0 aliphatic rings. The van der Waals surface area contributed by atoms with Gasteiger partial charge in [-0.3, -0.25) is 19.9 Å². The van der Waals surface area contributed by atoms with Crippen LogP contribution in [-0.2, 0) is 0 Å². The average Bonchev–Trinajstić information content (AvgIpc) is 2.65. The standard InChI is InChI=1S/C20H17N5/c1-4-17-6-7-20-18(5-2-11-25-20)19(17)16-24-10-3-9-22-13-15-23-14-12-21-8-1/h1-16,24H. The van der Waals surface area contributed by atoms with Gasteiger partial charge in [-0.25, -0.2) is 0 Å². The summed E-state index contributed by atoms with van der Waals surface area (Å²) in [4.78, 5) is 19.8. The summed E-state index contributed by atoms with van der Waals surface area (Å²) in [7, 11) is 0. The van der Waals surface area contributed by atoms with Crippen molar-refractivity contribution in [2.75, 3.05) is 0 Å². The van der Waals surface area contributed by atoms with Crippen LogP contribution in [-0.4, -0.2) is 24.9 Å². The van der Waals surface area contributed by atoms with Crippen molar-refractivity contribution >= 4 is 21.7 Å². The molecule has 122 valence electrons. The van der Waals surface area contributed by atoms with Crippen LogP contribution in [0.5, 0.6) is 0 Å². The number of rotatable bonds is 0. The zero-order valence-electron chi connectivity index (χ0n) is 13.5. The van der Waals surface area contributed by atoms with Crippen LogP contribution < -0.4 is 0 Å². The van der Waals surface area contributed by atoms with Gasteiger partial charge < -0.3 is 4.98 Å². The fraction of sp³-hybridized carbons (Fsp3) is 0. The molecule has 3 aromatic rings. The lowest BCUT2D eigenvalue weighted by Crippen LogP contribution is -1.79. The molecule has 0 fully saturated rings. The summed E-state index contributed by atoms with van der Waals surface area (Å²) in [5, 5.41) is 3.21. The normalized spacial score (nSPS) is 9.60. The maximum atomic E-state index is 4.41. The number of aromatic amines is 1. The molecule has 0 aliphatic carbocycles.